The van der Waals surface area contributed by atoms with E-state index >= 15 is 0 Å². The molecule has 6 nitrogen and oxygen atoms in total. The van der Waals surface area contributed by atoms with Gasteiger partial charge in [0, 0.05) is 18.0 Å². The molecule has 0 atom stereocenters. The highest BCUT2D eigenvalue weighted by Gasteiger charge is 2.31. The van der Waals surface area contributed by atoms with E-state index < -0.39 is 4.92 Å². The Balaban J connectivity index is 2.20. The molecule has 1 heterocycles. The van der Waals surface area contributed by atoms with Crippen LogP contribution >= 0.6 is 0 Å². The van der Waals surface area contributed by atoms with E-state index in [9.17, 15) is 15.2 Å². The molecule has 0 spiro atoms. The van der Waals surface area contributed by atoms with Gasteiger partial charge in [-0.15, -0.1) is 0 Å². The molecule has 1 aromatic heterocycles. The predicted molar refractivity (Wildman–Crippen MR) is 80.5 cm³/mol. The maximum atomic E-state index is 11.4. The quantitative estimate of drug-likeness (QED) is 0.675. The molecular formula is C15H17N3O3. The van der Waals surface area contributed by atoms with Crippen LogP contribution in [0.15, 0.2) is 30.5 Å². The Morgan fingerprint density at radius 1 is 1.38 bits per heavy atom. The maximum Gasteiger partial charge on any atom is 0.311 e. The Bertz CT molecular complexity index is 670. The fraction of sp³-hybridized carbons (Fsp3) is 0.400. The van der Waals surface area contributed by atoms with Gasteiger partial charge < -0.3 is 10.0 Å². The van der Waals surface area contributed by atoms with Crippen LogP contribution in [0.3, 0.4) is 0 Å². The summed E-state index contributed by atoms with van der Waals surface area (Å²) in [7, 11) is 0. The average molecular weight is 287 g/mol. The van der Waals surface area contributed by atoms with Crippen LogP contribution in [0.25, 0.3) is 10.9 Å². The number of para-hydroxylation sites is 1. The van der Waals surface area contributed by atoms with Crippen molar-refractivity contribution in [2.24, 2.45) is 0 Å². The Morgan fingerprint density at radius 3 is 2.76 bits per heavy atom. The van der Waals surface area contributed by atoms with Gasteiger partial charge in [-0.25, -0.2) is 4.98 Å². The van der Waals surface area contributed by atoms with Crippen molar-refractivity contribution in [2.75, 3.05) is 18.1 Å². The summed E-state index contributed by atoms with van der Waals surface area (Å²) in [6.07, 6.45) is 4.46. The Morgan fingerprint density at radius 2 is 2.14 bits per heavy atom. The molecule has 110 valence electrons. The number of aromatic nitrogens is 1. The first kappa shape index (κ1) is 13.8. The summed E-state index contributed by atoms with van der Waals surface area (Å²) in [4.78, 5) is 17.1. The van der Waals surface area contributed by atoms with Crippen LogP contribution in [-0.2, 0) is 0 Å². The topological polar surface area (TPSA) is 79.5 Å². The third-order valence-electron chi connectivity index (χ3n) is 4.07. The van der Waals surface area contributed by atoms with Crippen molar-refractivity contribution in [2.45, 2.75) is 25.3 Å². The molecule has 1 aliphatic rings. The number of pyridine rings is 1. The van der Waals surface area contributed by atoms with Crippen molar-refractivity contribution >= 4 is 22.3 Å². The fourth-order valence-electron chi connectivity index (χ4n) is 2.83. The Kier molecular flexibility index (Phi) is 3.70. The zero-order valence-electron chi connectivity index (χ0n) is 11.6. The molecule has 2 aromatic rings. The molecule has 1 N–H and O–H groups in total. The van der Waals surface area contributed by atoms with Gasteiger partial charge in [-0.1, -0.05) is 18.2 Å². The molecule has 1 aliphatic carbocycles. The molecule has 6 heteroatoms. The van der Waals surface area contributed by atoms with Crippen LogP contribution in [0.4, 0.5) is 11.4 Å². The molecule has 0 bridgehead atoms. The van der Waals surface area contributed by atoms with E-state index in [0.717, 1.165) is 30.2 Å². The number of nitrogens with zero attached hydrogens (tertiary/aromatic N) is 3. The summed E-state index contributed by atoms with van der Waals surface area (Å²) in [6, 6.07) is 7.69. The Labute approximate surface area is 122 Å². The number of anilines is 1. The average Bonchev–Trinajstić information content (AvgIpc) is 2.43. The minimum absolute atomic E-state index is 0.00838. The number of benzene rings is 1. The first-order valence-corrected chi connectivity index (χ1v) is 7.12. The molecule has 1 fully saturated rings. The second kappa shape index (κ2) is 5.65. The van der Waals surface area contributed by atoms with E-state index in [-0.39, 0.29) is 18.3 Å². The molecule has 0 unspecified atom stereocenters. The van der Waals surface area contributed by atoms with Crippen molar-refractivity contribution in [3.63, 3.8) is 0 Å². The predicted octanol–water partition coefficient (Wildman–Crippen LogP) is 2.49. The van der Waals surface area contributed by atoms with Gasteiger partial charge in [-0.05, 0) is 25.3 Å². The van der Waals surface area contributed by atoms with Crippen LogP contribution < -0.4 is 4.90 Å². The van der Waals surface area contributed by atoms with Gasteiger partial charge >= 0.3 is 5.69 Å². The van der Waals surface area contributed by atoms with Gasteiger partial charge in [0.15, 0.2) is 0 Å². The number of aliphatic hydroxyl groups excluding tert-OH is 1. The van der Waals surface area contributed by atoms with Crippen molar-refractivity contribution in [3.8, 4) is 0 Å². The molecule has 0 saturated heterocycles. The van der Waals surface area contributed by atoms with Crippen LogP contribution in [0.2, 0.25) is 0 Å². The second-order valence-corrected chi connectivity index (χ2v) is 5.27. The first-order valence-electron chi connectivity index (χ1n) is 7.12. The lowest BCUT2D eigenvalue weighted by Gasteiger charge is -2.39. The van der Waals surface area contributed by atoms with E-state index in [0.29, 0.717) is 12.2 Å². The summed E-state index contributed by atoms with van der Waals surface area (Å²) in [5.74, 6) is 0. The van der Waals surface area contributed by atoms with Crippen LogP contribution in [-0.4, -0.2) is 34.2 Å². The summed E-state index contributed by atoms with van der Waals surface area (Å²) in [6.45, 7) is 0.379. The number of rotatable bonds is 5. The molecule has 21 heavy (non-hydrogen) atoms. The van der Waals surface area contributed by atoms with E-state index in [4.69, 9.17) is 0 Å². The standard InChI is InChI=1S/C15H17N3O3/c19-9-8-17(11-4-3-5-11)15-12-6-1-2-7-13(12)16-10-14(15)18(20)21/h1-2,6-7,10-11,19H,3-5,8-9H2. The van der Waals surface area contributed by atoms with Gasteiger partial charge in [0.05, 0.1) is 17.0 Å². The lowest BCUT2D eigenvalue weighted by molar-refractivity contribution is -0.384. The number of hydrogen-bond acceptors (Lipinski definition) is 5. The lowest BCUT2D eigenvalue weighted by Crippen LogP contribution is -2.42. The summed E-state index contributed by atoms with van der Waals surface area (Å²) in [5, 5.41) is 21.5. The smallest absolute Gasteiger partial charge is 0.311 e. The monoisotopic (exact) mass is 287 g/mol. The normalized spacial score (nSPS) is 14.9. The molecular weight excluding hydrogens is 270 g/mol. The molecule has 0 aliphatic heterocycles. The third-order valence-corrected chi connectivity index (χ3v) is 4.07. The van der Waals surface area contributed by atoms with E-state index in [1.165, 1.54) is 6.20 Å². The highest BCUT2D eigenvalue weighted by molar-refractivity contribution is 5.96. The molecule has 0 radical (unpaired) electrons. The lowest BCUT2D eigenvalue weighted by atomic mass is 9.90. The van der Waals surface area contributed by atoms with Gasteiger partial charge in [0.2, 0.25) is 0 Å². The minimum atomic E-state index is -0.391. The number of fused-ring (bicyclic) bond motifs is 1. The SMILES string of the molecule is O=[N+]([O-])c1cnc2ccccc2c1N(CCO)C1CCC1. The number of hydrogen-bond donors (Lipinski definition) is 1. The summed E-state index contributed by atoms with van der Waals surface area (Å²) in [5.41, 5.74) is 1.33. The first-order chi connectivity index (χ1) is 10.2. The maximum absolute atomic E-state index is 11.4. The molecule has 1 saturated carbocycles. The van der Waals surface area contributed by atoms with Crippen LogP contribution in [0.1, 0.15) is 19.3 Å². The molecule has 0 amide bonds. The summed E-state index contributed by atoms with van der Waals surface area (Å²) >= 11 is 0. The zero-order valence-corrected chi connectivity index (χ0v) is 11.6. The fourth-order valence-corrected chi connectivity index (χ4v) is 2.83. The van der Waals surface area contributed by atoms with Crippen molar-refractivity contribution in [3.05, 3.63) is 40.6 Å². The van der Waals surface area contributed by atoms with Gasteiger partial charge in [-0.3, -0.25) is 10.1 Å². The van der Waals surface area contributed by atoms with Crippen molar-refractivity contribution < 1.29 is 10.0 Å². The number of nitro groups is 1. The molecule has 1 aromatic carbocycles. The van der Waals surface area contributed by atoms with E-state index in [1.54, 1.807) is 0 Å². The van der Waals surface area contributed by atoms with E-state index in [1.807, 2.05) is 29.2 Å². The number of aliphatic hydroxyl groups is 1. The highest BCUT2D eigenvalue weighted by Crippen LogP contribution is 2.39. The zero-order chi connectivity index (χ0) is 14.8. The van der Waals surface area contributed by atoms with Crippen molar-refractivity contribution in [1.82, 2.24) is 4.98 Å². The minimum Gasteiger partial charge on any atom is -0.395 e. The van der Waals surface area contributed by atoms with Crippen LogP contribution in [0, 0.1) is 10.1 Å². The Hall–Kier alpha value is -2.21. The molecule has 3 rings (SSSR count). The van der Waals surface area contributed by atoms with Crippen molar-refractivity contribution in [1.29, 1.82) is 0 Å². The van der Waals surface area contributed by atoms with Crippen LogP contribution in [0.5, 0.6) is 0 Å². The largest absolute Gasteiger partial charge is 0.395 e. The summed E-state index contributed by atoms with van der Waals surface area (Å²) < 4.78 is 0. The van der Waals surface area contributed by atoms with Gasteiger partial charge in [0.1, 0.15) is 11.9 Å². The second-order valence-electron chi connectivity index (χ2n) is 5.27. The van der Waals surface area contributed by atoms with E-state index in [2.05, 4.69) is 4.98 Å². The highest BCUT2D eigenvalue weighted by atomic mass is 16.6. The van der Waals surface area contributed by atoms with Gasteiger partial charge in [0.25, 0.3) is 0 Å². The third kappa shape index (κ3) is 2.42. The van der Waals surface area contributed by atoms with Gasteiger partial charge in [-0.2, -0.15) is 0 Å².